The maximum Gasteiger partial charge on any atom is 0.306 e. The van der Waals surface area contributed by atoms with Gasteiger partial charge in [0.15, 0.2) is 0 Å². The van der Waals surface area contributed by atoms with Crippen LogP contribution >= 0.6 is 0 Å². The number of benzene rings is 1. The van der Waals surface area contributed by atoms with E-state index in [-0.39, 0.29) is 17.7 Å². The Morgan fingerprint density at radius 1 is 1.33 bits per heavy atom. The van der Waals surface area contributed by atoms with Gasteiger partial charge in [-0.25, -0.2) is 13.1 Å². The molecular formula is C15H21NO4S. The van der Waals surface area contributed by atoms with E-state index in [0.29, 0.717) is 19.3 Å². The molecule has 0 aliphatic heterocycles. The van der Waals surface area contributed by atoms with Gasteiger partial charge in [-0.2, -0.15) is 0 Å². The molecule has 1 unspecified atom stereocenters. The summed E-state index contributed by atoms with van der Waals surface area (Å²) in [4.78, 5) is 10.9. The van der Waals surface area contributed by atoms with Gasteiger partial charge in [0.1, 0.15) is 0 Å². The van der Waals surface area contributed by atoms with Gasteiger partial charge in [0, 0.05) is 6.04 Å². The first-order valence-electron chi connectivity index (χ1n) is 7.15. The summed E-state index contributed by atoms with van der Waals surface area (Å²) in [6.45, 7) is 1.88. The second-order valence-electron chi connectivity index (χ2n) is 5.76. The topological polar surface area (TPSA) is 83.5 Å². The lowest BCUT2D eigenvalue weighted by Crippen LogP contribution is -2.36. The van der Waals surface area contributed by atoms with E-state index < -0.39 is 21.9 Å². The summed E-state index contributed by atoms with van der Waals surface area (Å²) in [5, 5.41) is 8.95. The minimum atomic E-state index is -3.40. The number of carbonyl (C=O) groups is 1. The molecular weight excluding hydrogens is 290 g/mol. The first kappa shape index (κ1) is 16.0. The van der Waals surface area contributed by atoms with Crippen molar-refractivity contribution in [2.24, 2.45) is 5.92 Å². The summed E-state index contributed by atoms with van der Waals surface area (Å²) in [6, 6.07) is 9.25. The highest BCUT2D eigenvalue weighted by atomic mass is 32.2. The van der Waals surface area contributed by atoms with Gasteiger partial charge in [-0.1, -0.05) is 37.3 Å². The molecule has 0 aromatic heterocycles. The predicted molar refractivity (Wildman–Crippen MR) is 80.5 cm³/mol. The zero-order chi connectivity index (χ0) is 15.5. The molecule has 1 aliphatic rings. The highest BCUT2D eigenvalue weighted by Gasteiger charge is 2.32. The number of carboxylic acid groups (broad SMARTS) is 1. The fraction of sp³-hybridized carbons (Fsp3) is 0.533. The predicted octanol–water partition coefficient (Wildman–Crippen LogP) is 1.96. The fourth-order valence-electron chi connectivity index (χ4n) is 2.82. The van der Waals surface area contributed by atoms with Gasteiger partial charge in [-0.3, -0.25) is 4.79 Å². The summed E-state index contributed by atoms with van der Waals surface area (Å²) >= 11 is 0. The number of nitrogens with one attached hydrogen (secondary N) is 1. The van der Waals surface area contributed by atoms with Crippen LogP contribution in [0.1, 0.15) is 37.7 Å². The lowest BCUT2D eigenvalue weighted by atomic mass is 10.0. The average Bonchev–Trinajstić information content (AvgIpc) is 2.87. The summed E-state index contributed by atoms with van der Waals surface area (Å²) in [6.07, 6.45) is 1.51. The molecule has 1 fully saturated rings. The number of hydrogen-bond acceptors (Lipinski definition) is 3. The van der Waals surface area contributed by atoms with Crippen LogP contribution in [-0.4, -0.2) is 31.3 Å². The number of rotatable bonds is 6. The monoisotopic (exact) mass is 311 g/mol. The number of hydrogen-bond donors (Lipinski definition) is 2. The zero-order valence-corrected chi connectivity index (χ0v) is 12.8. The Balaban J connectivity index is 1.92. The summed E-state index contributed by atoms with van der Waals surface area (Å²) < 4.78 is 27.0. The largest absolute Gasteiger partial charge is 0.481 e. The Hall–Kier alpha value is -1.40. The van der Waals surface area contributed by atoms with Crippen LogP contribution in [0.15, 0.2) is 30.3 Å². The lowest BCUT2D eigenvalue weighted by molar-refractivity contribution is -0.141. The molecule has 6 heteroatoms. The van der Waals surface area contributed by atoms with Gasteiger partial charge < -0.3 is 5.11 Å². The average molecular weight is 311 g/mol. The van der Waals surface area contributed by atoms with Crippen LogP contribution in [0.3, 0.4) is 0 Å². The molecule has 2 rings (SSSR count). The Morgan fingerprint density at radius 2 is 2.00 bits per heavy atom. The second-order valence-corrected chi connectivity index (χ2v) is 7.55. The molecule has 5 nitrogen and oxygen atoms in total. The van der Waals surface area contributed by atoms with Gasteiger partial charge >= 0.3 is 5.97 Å². The van der Waals surface area contributed by atoms with E-state index in [2.05, 4.69) is 4.72 Å². The Morgan fingerprint density at radius 3 is 2.57 bits per heavy atom. The highest BCUT2D eigenvalue weighted by molar-refractivity contribution is 7.89. The normalized spacial score (nSPS) is 23.9. The van der Waals surface area contributed by atoms with E-state index in [0.717, 1.165) is 5.56 Å². The van der Waals surface area contributed by atoms with Crippen molar-refractivity contribution in [3.63, 3.8) is 0 Å². The van der Waals surface area contributed by atoms with E-state index in [4.69, 9.17) is 5.11 Å². The molecule has 1 saturated carbocycles. The Bertz CT molecular complexity index is 585. The second kappa shape index (κ2) is 6.58. The molecule has 0 saturated heterocycles. The van der Waals surface area contributed by atoms with Crippen LogP contribution in [0.4, 0.5) is 0 Å². The molecule has 0 spiro atoms. The van der Waals surface area contributed by atoms with E-state index in [1.807, 2.05) is 37.3 Å². The highest BCUT2D eigenvalue weighted by Crippen LogP contribution is 2.26. The third-order valence-corrected chi connectivity index (χ3v) is 5.60. The molecule has 2 N–H and O–H groups in total. The molecule has 0 amide bonds. The Labute approximate surface area is 125 Å². The van der Waals surface area contributed by atoms with E-state index in [1.54, 1.807) is 0 Å². The van der Waals surface area contributed by atoms with Gasteiger partial charge in [-0.05, 0) is 30.7 Å². The van der Waals surface area contributed by atoms with Crippen molar-refractivity contribution in [3.05, 3.63) is 35.9 Å². The van der Waals surface area contributed by atoms with Crippen LogP contribution in [0.2, 0.25) is 0 Å². The quantitative estimate of drug-likeness (QED) is 0.841. The SMILES string of the molecule is CC(CS(=O)(=O)N[C@H]1CC[C@@H](C(=O)O)C1)c1ccccc1. The van der Waals surface area contributed by atoms with Crippen LogP contribution in [-0.2, 0) is 14.8 Å². The maximum absolute atomic E-state index is 12.2. The third-order valence-electron chi connectivity index (χ3n) is 3.97. The van der Waals surface area contributed by atoms with Crippen LogP contribution in [0, 0.1) is 5.92 Å². The van der Waals surface area contributed by atoms with Crippen LogP contribution < -0.4 is 4.72 Å². The lowest BCUT2D eigenvalue weighted by Gasteiger charge is -2.16. The molecule has 116 valence electrons. The standard InChI is InChI=1S/C15H21NO4S/c1-11(12-5-3-2-4-6-12)10-21(19,20)16-14-8-7-13(9-14)15(17)18/h2-6,11,13-14,16H,7-10H2,1H3,(H,17,18)/t11?,13-,14+/m1/s1. The molecule has 1 aromatic carbocycles. The summed E-state index contributed by atoms with van der Waals surface area (Å²) in [5.74, 6) is -1.34. The summed E-state index contributed by atoms with van der Waals surface area (Å²) in [5.41, 5.74) is 0.984. The molecule has 3 atom stereocenters. The van der Waals surface area contributed by atoms with Crippen molar-refractivity contribution < 1.29 is 18.3 Å². The smallest absolute Gasteiger partial charge is 0.306 e. The van der Waals surface area contributed by atoms with E-state index in [9.17, 15) is 13.2 Å². The van der Waals surface area contributed by atoms with Crippen molar-refractivity contribution in [3.8, 4) is 0 Å². The summed E-state index contributed by atoms with van der Waals surface area (Å²) in [7, 11) is -3.40. The molecule has 1 aromatic rings. The van der Waals surface area contributed by atoms with Gasteiger partial charge in [0.05, 0.1) is 11.7 Å². The Kier molecular flexibility index (Phi) is 5.00. The minimum absolute atomic E-state index is 0.0191. The molecule has 0 radical (unpaired) electrons. The van der Waals surface area contributed by atoms with Crippen molar-refractivity contribution in [2.45, 2.75) is 38.1 Å². The van der Waals surface area contributed by atoms with E-state index >= 15 is 0 Å². The minimum Gasteiger partial charge on any atom is -0.481 e. The van der Waals surface area contributed by atoms with Gasteiger partial charge in [-0.15, -0.1) is 0 Å². The van der Waals surface area contributed by atoms with Crippen LogP contribution in [0.25, 0.3) is 0 Å². The molecule has 1 aliphatic carbocycles. The maximum atomic E-state index is 12.2. The van der Waals surface area contributed by atoms with Gasteiger partial charge in [0.2, 0.25) is 10.0 Å². The first-order valence-corrected chi connectivity index (χ1v) is 8.80. The van der Waals surface area contributed by atoms with Gasteiger partial charge in [0.25, 0.3) is 0 Å². The van der Waals surface area contributed by atoms with Crippen LogP contribution in [0.5, 0.6) is 0 Å². The van der Waals surface area contributed by atoms with Crippen molar-refractivity contribution in [1.29, 1.82) is 0 Å². The molecule has 21 heavy (non-hydrogen) atoms. The molecule has 0 heterocycles. The number of sulfonamides is 1. The number of carboxylic acids is 1. The molecule has 0 bridgehead atoms. The van der Waals surface area contributed by atoms with Crippen molar-refractivity contribution in [1.82, 2.24) is 4.72 Å². The van der Waals surface area contributed by atoms with Crippen molar-refractivity contribution in [2.75, 3.05) is 5.75 Å². The van der Waals surface area contributed by atoms with Crippen molar-refractivity contribution >= 4 is 16.0 Å². The third kappa shape index (κ3) is 4.54. The fourth-order valence-corrected chi connectivity index (χ4v) is 4.49. The first-order chi connectivity index (χ1) is 9.87. The van der Waals surface area contributed by atoms with E-state index in [1.165, 1.54) is 0 Å². The number of aliphatic carboxylic acids is 1. The zero-order valence-electron chi connectivity index (χ0n) is 12.0.